The molecule has 0 N–H and O–H groups in total. The molecule has 0 amide bonds. The Bertz CT molecular complexity index is 889. The third-order valence-corrected chi connectivity index (χ3v) is 3.80. The van der Waals surface area contributed by atoms with E-state index in [-0.39, 0.29) is 5.69 Å². The van der Waals surface area contributed by atoms with Gasteiger partial charge in [0.2, 0.25) is 0 Å². The molecule has 5 heteroatoms. The number of nitro benzene ring substituents is 1. The van der Waals surface area contributed by atoms with Crippen LogP contribution >= 0.6 is 0 Å². The first-order valence-electron chi connectivity index (χ1n) is 7.04. The van der Waals surface area contributed by atoms with Crippen LogP contribution in [0.15, 0.2) is 54.6 Å². The molecule has 0 aliphatic carbocycles. The first kappa shape index (κ1) is 14.8. The van der Waals surface area contributed by atoms with Crippen LogP contribution in [-0.2, 0) is 0 Å². The Morgan fingerprint density at radius 3 is 2.22 bits per heavy atom. The molecule has 0 saturated heterocycles. The first-order chi connectivity index (χ1) is 11.2. The quantitative estimate of drug-likeness (QED) is 0.528. The molecule has 116 valence electrons. The lowest BCUT2D eigenvalue weighted by Crippen LogP contribution is -1.95. The molecule has 0 aromatic heterocycles. The van der Waals surface area contributed by atoms with Gasteiger partial charge in [0.25, 0.3) is 5.69 Å². The van der Waals surface area contributed by atoms with E-state index in [4.69, 9.17) is 9.47 Å². The minimum atomic E-state index is -0.392. The van der Waals surface area contributed by atoms with Crippen LogP contribution in [-0.4, -0.2) is 19.1 Å². The molecular weight excluding hydrogens is 294 g/mol. The van der Waals surface area contributed by atoms with Crippen LogP contribution in [0.5, 0.6) is 11.5 Å². The van der Waals surface area contributed by atoms with Gasteiger partial charge in [0, 0.05) is 5.39 Å². The summed E-state index contributed by atoms with van der Waals surface area (Å²) in [6, 6.07) is 16.2. The third-order valence-electron chi connectivity index (χ3n) is 3.80. The van der Waals surface area contributed by atoms with Crippen molar-refractivity contribution in [3.8, 4) is 22.6 Å². The molecule has 3 aromatic rings. The Kier molecular flexibility index (Phi) is 3.85. The highest BCUT2D eigenvalue weighted by molar-refractivity contribution is 6.01. The summed E-state index contributed by atoms with van der Waals surface area (Å²) in [4.78, 5) is 11.1. The van der Waals surface area contributed by atoms with E-state index < -0.39 is 4.92 Å². The lowest BCUT2D eigenvalue weighted by molar-refractivity contribution is -0.384. The van der Waals surface area contributed by atoms with Crippen molar-refractivity contribution in [3.63, 3.8) is 0 Å². The van der Waals surface area contributed by atoms with Gasteiger partial charge in [-0.3, -0.25) is 10.1 Å². The summed E-state index contributed by atoms with van der Waals surface area (Å²) in [7, 11) is 3.10. The van der Waals surface area contributed by atoms with Crippen molar-refractivity contribution >= 4 is 16.5 Å². The van der Waals surface area contributed by atoms with Crippen LogP contribution in [0.4, 0.5) is 5.69 Å². The predicted molar refractivity (Wildman–Crippen MR) is 89.1 cm³/mol. The molecule has 0 bridgehead atoms. The smallest absolute Gasteiger partial charge is 0.280 e. The van der Waals surface area contributed by atoms with Gasteiger partial charge in [0.15, 0.2) is 0 Å². The summed E-state index contributed by atoms with van der Waals surface area (Å²) < 4.78 is 10.5. The van der Waals surface area contributed by atoms with Gasteiger partial charge in [-0.1, -0.05) is 24.3 Å². The molecule has 0 heterocycles. The van der Waals surface area contributed by atoms with Gasteiger partial charge in [0.05, 0.1) is 30.8 Å². The highest BCUT2D eigenvalue weighted by atomic mass is 16.6. The second-order valence-electron chi connectivity index (χ2n) is 5.00. The van der Waals surface area contributed by atoms with E-state index in [0.29, 0.717) is 11.3 Å². The second kappa shape index (κ2) is 5.96. The highest BCUT2D eigenvalue weighted by Gasteiger charge is 2.19. The van der Waals surface area contributed by atoms with Crippen LogP contribution < -0.4 is 9.47 Å². The zero-order valence-corrected chi connectivity index (χ0v) is 12.8. The molecule has 0 saturated carbocycles. The normalized spacial score (nSPS) is 10.5. The number of hydrogen-bond acceptors (Lipinski definition) is 4. The summed E-state index contributed by atoms with van der Waals surface area (Å²) in [6.07, 6.45) is 0. The largest absolute Gasteiger partial charge is 0.497 e. The van der Waals surface area contributed by atoms with Gasteiger partial charge >= 0.3 is 0 Å². The zero-order chi connectivity index (χ0) is 16.4. The average molecular weight is 309 g/mol. The average Bonchev–Trinajstić information content (AvgIpc) is 2.60. The molecule has 0 unspecified atom stereocenters. The van der Waals surface area contributed by atoms with Gasteiger partial charge < -0.3 is 9.47 Å². The summed E-state index contributed by atoms with van der Waals surface area (Å²) >= 11 is 0. The summed E-state index contributed by atoms with van der Waals surface area (Å²) in [5.41, 5.74) is 1.35. The van der Waals surface area contributed by atoms with E-state index >= 15 is 0 Å². The number of nitro groups is 1. The van der Waals surface area contributed by atoms with Crippen molar-refractivity contribution in [3.05, 3.63) is 64.7 Å². The van der Waals surface area contributed by atoms with Gasteiger partial charge in [-0.2, -0.15) is 0 Å². The Morgan fingerprint density at radius 1 is 0.870 bits per heavy atom. The Hall–Kier alpha value is -3.08. The third kappa shape index (κ3) is 2.57. The van der Waals surface area contributed by atoms with Crippen molar-refractivity contribution in [2.45, 2.75) is 0 Å². The number of methoxy groups -OCH3 is 2. The maximum Gasteiger partial charge on any atom is 0.280 e. The fourth-order valence-electron chi connectivity index (χ4n) is 2.70. The van der Waals surface area contributed by atoms with E-state index in [9.17, 15) is 10.1 Å². The Balaban J connectivity index is 2.31. The predicted octanol–water partition coefficient (Wildman–Crippen LogP) is 4.43. The van der Waals surface area contributed by atoms with E-state index in [1.54, 1.807) is 19.2 Å². The fraction of sp³-hybridized carbons (Fsp3) is 0.111. The molecule has 3 rings (SSSR count). The van der Waals surface area contributed by atoms with Crippen LogP contribution in [0.1, 0.15) is 0 Å². The molecule has 5 nitrogen and oxygen atoms in total. The zero-order valence-electron chi connectivity index (χ0n) is 12.8. The lowest BCUT2D eigenvalue weighted by Gasteiger charge is -2.11. The minimum Gasteiger partial charge on any atom is -0.497 e. The minimum absolute atomic E-state index is 0.0136. The van der Waals surface area contributed by atoms with Gasteiger partial charge in [0.1, 0.15) is 11.5 Å². The Morgan fingerprint density at radius 2 is 1.57 bits per heavy atom. The summed E-state index contributed by atoms with van der Waals surface area (Å²) in [6.45, 7) is 0. The monoisotopic (exact) mass is 309 g/mol. The number of ether oxygens (including phenoxy) is 2. The summed E-state index contributed by atoms with van der Waals surface area (Å²) in [5, 5.41) is 13.3. The molecule has 0 atom stereocenters. The summed E-state index contributed by atoms with van der Waals surface area (Å²) in [5.74, 6) is 1.19. The van der Waals surface area contributed by atoms with Crippen molar-refractivity contribution in [1.82, 2.24) is 0 Å². The van der Waals surface area contributed by atoms with Crippen LogP contribution in [0, 0.1) is 10.1 Å². The standard InChI is InChI=1S/C18H15NO4/c1-22-12-7-8-15(17(11-12)19(20)21)14-9-10-18(23-2)16-6-4-3-5-13(14)16/h3-11H,1-2H3. The van der Waals surface area contributed by atoms with Crippen molar-refractivity contribution in [2.75, 3.05) is 14.2 Å². The van der Waals surface area contributed by atoms with Crippen molar-refractivity contribution in [1.29, 1.82) is 0 Å². The molecule has 0 fully saturated rings. The maximum atomic E-state index is 11.4. The lowest BCUT2D eigenvalue weighted by atomic mass is 9.96. The topological polar surface area (TPSA) is 61.6 Å². The van der Waals surface area contributed by atoms with Gasteiger partial charge in [-0.15, -0.1) is 0 Å². The van der Waals surface area contributed by atoms with E-state index in [0.717, 1.165) is 22.1 Å². The number of rotatable bonds is 4. The van der Waals surface area contributed by atoms with Gasteiger partial charge in [-0.05, 0) is 35.2 Å². The van der Waals surface area contributed by atoms with E-state index in [1.165, 1.54) is 13.2 Å². The Labute approximate surface area is 133 Å². The van der Waals surface area contributed by atoms with Crippen LogP contribution in [0.3, 0.4) is 0 Å². The number of benzene rings is 3. The molecule has 0 spiro atoms. The number of hydrogen-bond donors (Lipinski definition) is 0. The van der Waals surface area contributed by atoms with E-state index in [1.807, 2.05) is 36.4 Å². The molecule has 23 heavy (non-hydrogen) atoms. The van der Waals surface area contributed by atoms with Crippen molar-refractivity contribution in [2.24, 2.45) is 0 Å². The SMILES string of the molecule is COc1ccc(-c2ccc(OC)c3ccccc23)c([N+](=O)[O-])c1. The van der Waals surface area contributed by atoms with Crippen LogP contribution in [0.25, 0.3) is 21.9 Å². The molecular formula is C18H15NO4. The molecule has 0 aliphatic rings. The second-order valence-corrected chi connectivity index (χ2v) is 5.00. The van der Waals surface area contributed by atoms with Gasteiger partial charge in [-0.25, -0.2) is 0 Å². The molecule has 0 aliphatic heterocycles. The van der Waals surface area contributed by atoms with E-state index in [2.05, 4.69) is 0 Å². The fourth-order valence-corrected chi connectivity index (χ4v) is 2.70. The maximum absolute atomic E-state index is 11.4. The number of fused-ring (bicyclic) bond motifs is 1. The number of nitrogens with zero attached hydrogens (tertiary/aromatic N) is 1. The van der Waals surface area contributed by atoms with Crippen molar-refractivity contribution < 1.29 is 14.4 Å². The first-order valence-corrected chi connectivity index (χ1v) is 7.04. The molecule has 3 aromatic carbocycles. The molecule has 0 radical (unpaired) electrons. The van der Waals surface area contributed by atoms with Crippen LogP contribution in [0.2, 0.25) is 0 Å². The highest BCUT2D eigenvalue weighted by Crippen LogP contribution is 2.39.